The van der Waals surface area contributed by atoms with Gasteiger partial charge in [0, 0.05) is 12.0 Å². The Bertz CT molecular complexity index is 469. The van der Waals surface area contributed by atoms with Crippen molar-refractivity contribution in [2.45, 2.75) is 26.2 Å². The van der Waals surface area contributed by atoms with Gasteiger partial charge in [-0.05, 0) is 25.5 Å². The molecule has 1 aromatic carbocycles. The van der Waals surface area contributed by atoms with E-state index in [0.29, 0.717) is 24.3 Å². The first kappa shape index (κ1) is 14.0. The molecule has 0 aromatic heterocycles. The molecule has 0 aliphatic heterocycles. The minimum Gasteiger partial charge on any atom is -0.494 e. The molecule has 3 heteroatoms. The van der Waals surface area contributed by atoms with Crippen LogP contribution < -0.4 is 4.74 Å². The highest BCUT2D eigenvalue weighted by molar-refractivity contribution is 6.07. The summed E-state index contributed by atoms with van der Waals surface area (Å²) in [6, 6.07) is 6.85. The van der Waals surface area contributed by atoms with Crippen LogP contribution in [0.1, 0.15) is 36.5 Å². The van der Waals surface area contributed by atoms with Gasteiger partial charge < -0.3 is 4.74 Å². The van der Waals surface area contributed by atoms with Crippen molar-refractivity contribution in [3.05, 3.63) is 29.8 Å². The summed E-state index contributed by atoms with van der Waals surface area (Å²) in [5, 5.41) is 0. The molecule has 0 aliphatic rings. The number of hydrogen-bond donors (Lipinski definition) is 0. The van der Waals surface area contributed by atoms with Gasteiger partial charge in [0.15, 0.2) is 5.78 Å². The van der Waals surface area contributed by atoms with Gasteiger partial charge in [0.1, 0.15) is 11.5 Å². The lowest BCUT2D eigenvalue weighted by atomic mass is 10.1. The Morgan fingerprint density at radius 1 is 1.39 bits per heavy atom. The smallest absolute Gasteiger partial charge is 0.170 e. The third kappa shape index (κ3) is 4.84. The first-order valence-corrected chi connectivity index (χ1v) is 5.82. The maximum atomic E-state index is 11.7. The van der Waals surface area contributed by atoms with Crippen LogP contribution in [-0.2, 0) is 4.79 Å². The van der Waals surface area contributed by atoms with Crippen LogP contribution in [0.5, 0.6) is 5.75 Å². The molecule has 0 N–H and O–H groups in total. The molecule has 0 aliphatic carbocycles. The SMILES string of the molecule is C#CCCCOc1cccc(C(=O)CC(C)=O)c1. The number of unbranched alkanes of at least 4 members (excludes halogenated alkanes) is 1. The van der Waals surface area contributed by atoms with Gasteiger partial charge in [-0.3, -0.25) is 9.59 Å². The summed E-state index contributed by atoms with van der Waals surface area (Å²) in [6.07, 6.45) is 6.52. The van der Waals surface area contributed by atoms with Gasteiger partial charge in [-0.2, -0.15) is 0 Å². The second-order valence-corrected chi connectivity index (χ2v) is 3.99. The number of rotatable bonds is 7. The van der Waals surface area contributed by atoms with Crippen molar-refractivity contribution in [3.8, 4) is 18.1 Å². The van der Waals surface area contributed by atoms with Crippen molar-refractivity contribution in [1.29, 1.82) is 0 Å². The molecule has 94 valence electrons. The molecular weight excluding hydrogens is 228 g/mol. The number of ketones is 2. The zero-order chi connectivity index (χ0) is 13.4. The van der Waals surface area contributed by atoms with Crippen LogP contribution in [0, 0.1) is 12.3 Å². The van der Waals surface area contributed by atoms with Gasteiger partial charge in [0.25, 0.3) is 0 Å². The van der Waals surface area contributed by atoms with Crippen LogP contribution in [0.15, 0.2) is 24.3 Å². The first-order chi connectivity index (χ1) is 8.63. The van der Waals surface area contributed by atoms with E-state index in [1.165, 1.54) is 6.92 Å². The fourth-order valence-corrected chi connectivity index (χ4v) is 1.45. The van der Waals surface area contributed by atoms with Crippen molar-refractivity contribution < 1.29 is 14.3 Å². The van der Waals surface area contributed by atoms with Crippen molar-refractivity contribution in [2.75, 3.05) is 6.61 Å². The molecule has 0 fully saturated rings. The summed E-state index contributed by atoms with van der Waals surface area (Å²) >= 11 is 0. The standard InChI is InChI=1S/C15H16O3/c1-3-4-5-9-18-14-8-6-7-13(11-14)15(17)10-12(2)16/h1,6-8,11H,4-5,9-10H2,2H3. The van der Waals surface area contributed by atoms with Crippen molar-refractivity contribution in [1.82, 2.24) is 0 Å². The summed E-state index contributed by atoms with van der Waals surface area (Å²) in [6.45, 7) is 1.92. The molecule has 0 amide bonds. The number of benzene rings is 1. The molecule has 0 radical (unpaired) electrons. The van der Waals surface area contributed by atoms with Crippen molar-refractivity contribution in [3.63, 3.8) is 0 Å². The van der Waals surface area contributed by atoms with E-state index >= 15 is 0 Å². The summed E-state index contributed by atoms with van der Waals surface area (Å²) in [5.41, 5.74) is 0.500. The Hall–Kier alpha value is -2.08. The predicted octanol–water partition coefficient (Wildman–Crippen LogP) is 2.64. The van der Waals surface area contributed by atoms with Crippen LogP contribution in [0.4, 0.5) is 0 Å². The Morgan fingerprint density at radius 3 is 2.83 bits per heavy atom. The van der Waals surface area contributed by atoms with Gasteiger partial charge >= 0.3 is 0 Å². The Kier molecular flexibility index (Phi) is 5.66. The predicted molar refractivity (Wildman–Crippen MR) is 69.6 cm³/mol. The van der Waals surface area contributed by atoms with Crippen molar-refractivity contribution in [2.24, 2.45) is 0 Å². The van der Waals surface area contributed by atoms with Crippen LogP contribution in [-0.4, -0.2) is 18.2 Å². The maximum absolute atomic E-state index is 11.7. The van der Waals surface area contributed by atoms with E-state index in [9.17, 15) is 9.59 Å². The molecule has 0 heterocycles. The van der Waals surface area contributed by atoms with Gasteiger partial charge in [0.05, 0.1) is 13.0 Å². The molecule has 0 atom stereocenters. The number of carbonyl (C=O) groups excluding carboxylic acids is 2. The zero-order valence-electron chi connectivity index (χ0n) is 10.4. The van der Waals surface area contributed by atoms with Gasteiger partial charge in [0.2, 0.25) is 0 Å². The van der Waals surface area contributed by atoms with Gasteiger partial charge in [-0.1, -0.05) is 12.1 Å². The van der Waals surface area contributed by atoms with E-state index in [0.717, 1.165) is 6.42 Å². The molecular formula is C15H16O3. The van der Waals surface area contributed by atoms with E-state index < -0.39 is 0 Å². The van der Waals surface area contributed by atoms with E-state index in [-0.39, 0.29) is 18.0 Å². The largest absolute Gasteiger partial charge is 0.494 e. The molecule has 0 spiro atoms. The van der Waals surface area contributed by atoms with E-state index in [2.05, 4.69) is 5.92 Å². The number of Topliss-reactive ketones (excluding diaryl/α,β-unsaturated/α-hetero) is 2. The molecule has 18 heavy (non-hydrogen) atoms. The van der Waals surface area contributed by atoms with Gasteiger partial charge in [-0.25, -0.2) is 0 Å². The molecule has 0 bridgehead atoms. The molecule has 0 saturated heterocycles. The Balaban J connectivity index is 2.59. The topological polar surface area (TPSA) is 43.4 Å². The zero-order valence-corrected chi connectivity index (χ0v) is 10.4. The maximum Gasteiger partial charge on any atom is 0.170 e. The summed E-state index contributed by atoms with van der Waals surface area (Å²) in [5.74, 6) is 2.84. The number of ether oxygens (including phenoxy) is 1. The first-order valence-electron chi connectivity index (χ1n) is 5.82. The molecule has 1 rings (SSSR count). The molecule has 1 aromatic rings. The minimum atomic E-state index is -0.184. The average molecular weight is 244 g/mol. The summed E-state index contributed by atoms with van der Waals surface area (Å²) in [7, 11) is 0. The third-order valence-electron chi connectivity index (χ3n) is 2.30. The van der Waals surface area contributed by atoms with E-state index in [4.69, 9.17) is 11.2 Å². The second kappa shape index (κ2) is 7.29. The Morgan fingerprint density at radius 2 is 2.17 bits per heavy atom. The van der Waals surface area contributed by atoms with Crippen LogP contribution >= 0.6 is 0 Å². The fourth-order valence-electron chi connectivity index (χ4n) is 1.45. The minimum absolute atomic E-state index is 0.0689. The normalized spacial score (nSPS) is 9.56. The fraction of sp³-hybridized carbons (Fsp3) is 0.333. The van der Waals surface area contributed by atoms with Crippen molar-refractivity contribution >= 4 is 11.6 Å². The highest BCUT2D eigenvalue weighted by atomic mass is 16.5. The van der Waals surface area contributed by atoms with E-state index in [1.807, 2.05) is 0 Å². The quantitative estimate of drug-likeness (QED) is 0.320. The summed E-state index contributed by atoms with van der Waals surface area (Å²) in [4.78, 5) is 22.6. The number of carbonyl (C=O) groups is 2. The monoisotopic (exact) mass is 244 g/mol. The molecule has 3 nitrogen and oxygen atoms in total. The lowest BCUT2D eigenvalue weighted by Gasteiger charge is -2.06. The lowest BCUT2D eigenvalue weighted by molar-refractivity contribution is -0.116. The molecule has 0 unspecified atom stereocenters. The number of hydrogen-bond acceptors (Lipinski definition) is 3. The highest BCUT2D eigenvalue weighted by Gasteiger charge is 2.09. The second-order valence-electron chi connectivity index (χ2n) is 3.99. The third-order valence-corrected chi connectivity index (χ3v) is 2.30. The highest BCUT2D eigenvalue weighted by Crippen LogP contribution is 2.15. The van der Waals surface area contributed by atoms with Crippen LogP contribution in [0.2, 0.25) is 0 Å². The number of terminal acetylenes is 1. The average Bonchev–Trinajstić information content (AvgIpc) is 2.34. The van der Waals surface area contributed by atoms with Gasteiger partial charge in [-0.15, -0.1) is 12.3 Å². The van der Waals surface area contributed by atoms with Crippen LogP contribution in [0.3, 0.4) is 0 Å². The van der Waals surface area contributed by atoms with E-state index in [1.54, 1.807) is 24.3 Å². The van der Waals surface area contributed by atoms with Crippen LogP contribution in [0.25, 0.3) is 0 Å². The summed E-state index contributed by atoms with van der Waals surface area (Å²) < 4.78 is 5.47. The Labute approximate surface area is 107 Å². The lowest BCUT2D eigenvalue weighted by Crippen LogP contribution is -2.05. The molecule has 0 saturated carbocycles.